The molecule has 0 bridgehead atoms. The van der Waals surface area contributed by atoms with Crippen molar-refractivity contribution in [3.8, 4) is 5.75 Å². The van der Waals surface area contributed by atoms with Crippen molar-refractivity contribution in [1.82, 2.24) is 4.98 Å². The minimum Gasteiger partial charge on any atom is -0.484 e. The van der Waals surface area contributed by atoms with Gasteiger partial charge in [0.25, 0.3) is 5.91 Å². The van der Waals surface area contributed by atoms with Gasteiger partial charge < -0.3 is 10.1 Å². The van der Waals surface area contributed by atoms with Crippen LogP contribution in [0.1, 0.15) is 10.4 Å². The van der Waals surface area contributed by atoms with Crippen molar-refractivity contribution < 1.29 is 14.3 Å². The van der Waals surface area contributed by atoms with Gasteiger partial charge in [-0.2, -0.15) is 0 Å². The van der Waals surface area contributed by atoms with Crippen molar-refractivity contribution in [3.05, 3.63) is 53.3 Å². The van der Waals surface area contributed by atoms with Gasteiger partial charge in [-0.15, -0.1) is 0 Å². The van der Waals surface area contributed by atoms with Crippen LogP contribution < -0.4 is 10.1 Å². The molecule has 1 N–H and O–H groups in total. The van der Waals surface area contributed by atoms with Gasteiger partial charge >= 0.3 is 0 Å². The first-order valence-electron chi connectivity index (χ1n) is 5.76. The lowest BCUT2D eigenvalue weighted by Gasteiger charge is -2.07. The Balaban J connectivity index is 1.87. The number of hydrogen-bond donors (Lipinski definition) is 1. The van der Waals surface area contributed by atoms with Crippen molar-refractivity contribution in [2.45, 2.75) is 0 Å². The van der Waals surface area contributed by atoms with Crippen LogP contribution in [0.5, 0.6) is 5.75 Å². The molecule has 0 aliphatic heterocycles. The summed E-state index contributed by atoms with van der Waals surface area (Å²) in [5.41, 5.74) is 1.05. The van der Waals surface area contributed by atoms with Crippen LogP contribution >= 0.6 is 11.6 Å². The molecule has 6 heteroatoms. The van der Waals surface area contributed by atoms with Crippen LogP contribution in [0.4, 0.5) is 5.69 Å². The van der Waals surface area contributed by atoms with Crippen LogP contribution in [0.2, 0.25) is 5.02 Å². The van der Waals surface area contributed by atoms with Gasteiger partial charge in [0, 0.05) is 11.8 Å². The zero-order chi connectivity index (χ0) is 14.4. The summed E-state index contributed by atoms with van der Waals surface area (Å²) >= 11 is 5.76. The number of hydrogen-bond acceptors (Lipinski definition) is 4. The van der Waals surface area contributed by atoms with Crippen molar-refractivity contribution in [1.29, 1.82) is 0 Å². The molecule has 1 aromatic heterocycles. The highest BCUT2D eigenvalue weighted by Gasteiger charge is 2.04. The number of ether oxygens (including phenoxy) is 1. The van der Waals surface area contributed by atoms with E-state index in [1.807, 2.05) is 0 Å². The lowest BCUT2D eigenvalue weighted by Crippen LogP contribution is -2.20. The molecule has 0 saturated carbocycles. The van der Waals surface area contributed by atoms with Gasteiger partial charge in [0.15, 0.2) is 6.61 Å². The molecular weight excluding hydrogens is 280 g/mol. The summed E-state index contributed by atoms with van der Waals surface area (Å²) in [6.07, 6.45) is 3.70. The number of carbonyl (C=O) groups excluding carboxylic acids is 2. The Bertz CT molecular complexity index is 614. The molecule has 102 valence electrons. The molecule has 0 atom stereocenters. The second-order valence-corrected chi connectivity index (χ2v) is 4.35. The number of anilines is 1. The molecule has 20 heavy (non-hydrogen) atoms. The summed E-state index contributed by atoms with van der Waals surface area (Å²) < 4.78 is 5.29. The van der Waals surface area contributed by atoms with Crippen molar-refractivity contribution in [2.75, 3.05) is 11.9 Å². The Morgan fingerprint density at radius 1 is 1.30 bits per heavy atom. The summed E-state index contributed by atoms with van der Waals surface area (Å²) in [6, 6.07) is 8.06. The fourth-order valence-corrected chi connectivity index (χ4v) is 1.64. The number of rotatable bonds is 5. The highest BCUT2D eigenvalue weighted by molar-refractivity contribution is 6.30. The van der Waals surface area contributed by atoms with Crippen LogP contribution in [0.15, 0.2) is 42.7 Å². The Kier molecular flexibility index (Phi) is 4.68. The topological polar surface area (TPSA) is 68.3 Å². The van der Waals surface area contributed by atoms with E-state index in [2.05, 4.69) is 10.3 Å². The van der Waals surface area contributed by atoms with Crippen molar-refractivity contribution in [2.24, 2.45) is 0 Å². The lowest BCUT2D eigenvalue weighted by molar-refractivity contribution is -0.118. The number of aromatic nitrogens is 1. The second-order valence-electron chi connectivity index (χ2n) is 3.92. The van der Waals surface area contributed by atoms with E-state index in [1.54, 1.807) is 30.3 Å². The normalized spacial score (nSPS) is 9.85. The van der Waals surface area contributed by atoms with Crippen molar-refractivity contribution >= 4 is 29.5 Å². The maximum atomic E-state index is 11.7. The maximum Gasteiger partial charge on any atom is 0.262 e. The zero-order valence-electron chi connectivity index (χ0n) is 10.4. The first kappa shape index (κ1) is 14.0. The standard InChI is InChI=1S/C14H11ClN2O3/c15-11-5-12(7-16-6-11)17-14(19)9-20-13-3-1-10(8-18)2-4-13/h1-8H,9H2,(H,17,19). The van der Waals surface area contributed by atoms with Gasteiger partial charge in [-0.3, -0.25) is 14.6 Å². The third-order valence-corrected chi connectivity index (χ3v) is 2.58. The SMILES string of the molecule is O=Cc1ccc(OCC(=O)Nc2cncc(Cl)c2)cc1. The Labute approximate surface area is 120 Å². The van der Waals surface area contributed by atoms with Gasteiger partial charge in [0.2, 0.25) is 0 Å². The molecule has 5 nitrogen and oxygen atoms in total. The number of nitrogens with one attached hydrogen (secondary N) is 1. The molecule has 0 radical (unpaired) electrons. The number of carbonyl (C=O) groups is 2. The van der Waals surface area contributed by atoms with E-state index in [4.69, 9.17) is 16.3 Å². The molecule has 1 aromatic carbocycles. The van der Waals surface area contributed by atoms with E-state index >= 15 is 0 Å². The molecule has 1 heterocycles. The Hall–Kier alpha value is -2.40. The van der Waals surface area contributed by atoms with Crippen LogP contribution in [0, 0.1) is 0 Å². The van der Waals surface area contributed by atoms with E-state index in [1.165, 1.54) is 12.4 Å². The van der Waals surface area contributed by atoms with Crippen molar-refractivity contribution in [3.63, 3.8) is 0 Å². The summed E-state index contributed by atoms with van der Waals surface area (Å²) in [6.45, 7) is -0.146. The molecule has 0 unspecified atom stereocenters. The molecule has 1 amide bonds. The number of amides is 1. The fraction of sp³-hybridized carbons (Fsp3) is 0.0714. The number of aldehydes is 1. The van der Waals surface area contributed by atoms with Crippen LogP contribution in [-0.2, 0) is 4.79 Å². The first-order chi connectivity index (χ1) is 9.67. The summed E-state index contributed by atoms with van der Waals surface area (Å²) in [7, 11) is 0. The van der Waals surface area contributed by atoms with Gasteiger partial charge in [-0.05, 0) is 30.3 Å². The van der Waals surface area contributed by atoms with Gasteiger partial charge in [0.05, 0.1) is 16.9 Å². The predicted molar refractivity (Wildman–Crippen MR) is 75.2 cm³/mol. The molecule has 0 saturated heterocycles. The second kappa shape index (κ2) is 6.68. The smallest absolute Gasteiger partial charge is 0.262 e. The third-order valence-electron chi connectivity index (χ3n) is 2.37. The highest BCUT2D eigenvalue weighted by Crippen LogP contribution is 2.13. The van der Waals surface area contributed by atoms with Crippen LogP contribution in [0.25, 0.3) is 0 Å². The van der Waals surface area contributed by atoms with E-state index < -0.39 is 0 Å². The average Bonchev–Trinajstić information content (AvgIpc) is 2.46. The number of benzene rings is 1. The van der Waals surface area contributed by atoms with E-state index in [0.29, 0.717) is 22.0 Å². The van der Waals surface area contributed by atoms with Crippen LogP contribution in [0.3, 0.4) is 0 Å². The first-order valence-corrected chi connectivity index (χ1v) is 6.13. The van der Waals surface area contributed by atoms with E-state index in [-0.39, 0.29) is 12.5 Å². The van der Waals surface area contributed by atoms with E-state index in [9.17, 15) is 9.59 Å². The number of nitrogens with zero attached hydrogens (tertiary/aromatic N) is 1. The largest absolute Gasteiger partial charge is 0.484 e. The summed E-state index contributed by atoms with van der Waals surface area (Å²) in [5, 5.41) is 3.05. The average molecular weight is 291 g/mol. The molecule has 2 aromatic rings. The summed E-state index contributed by atoms with van der Waals surface area (Å²) in [5.74, 6) is 0.184. The highest BCUT2D eigenvalue weighted by atomic mass is 35.5. The summed E-state index contributed by atoms with van der Waals surface area (Å²) in [4.78, 5) is 26.0. The quantitative estimate of drug-likeness (QED) is 0.859. The van der Waals surface area contributed by atoms with E-state index in [0.717, 1.165) is 6.29 Å². The lowest BCUT2D eigenvalue weighted by atomic mass is 10.2. The Morgan fingerprint density at radius 3 is 2.70 bits per heavy atom. The monoisotopic (exact) mass is 290 g/mol. The molecule has 0 aliphatic rings. The maximum absolute atomic E-state index is 11.7. The molecule has 0 spiro atoms. The van der Waals surface area contributed by atoms with Gasteiger partial charge in [-0.1, -0.05) is 11.6 Å². The third kappa shape index (κ3) is 4.07. The zero-order valence-corrected chi connectivity index (χ0v) is 11.1. The molecular formula is C14H11ClN2O3. The Morgan fingerprint density at radius 2 is 2.05 bits per heavy atom. The minimum atomic E-state index is -0.325. The molecule has 0 aliphatic carbocycles. The predicted octanol–water partition coefficient (Wildman–Crippen LogP) is 2.57. The molecule has 2 rings (SSSR count). The van der Waals surface area contributed by atoms with Gasteiger partial charge in [-0.25, -0.2) is 0 Å². The number of halogens is 1. The molecule has 0 fully saturated rings. The minimum absolute atomic E-state index is 0.146. The van der Waals surface area contributed by atoms with Gasteiger partial charge in [0.1, 0.15) is 12.0 Å². The fourth-order valence-electron chi connectivity index (χ4n) is 1.47. The number of pyridine rings is 1. The van der Waals surface area contributed by atoms with Crippen LogP contribution in [-0.4, -0.2) is 23.8 Å².